The van der Waals surface area contributed by atoms with Crippen LogP contribution < -0.4 is 5.32 Å². The summed E-state index contributed by atoms with van der Waals surface area (Å²) in [5.74, 6) is 1.04. The predicted octanol–water partition coefficient (Wildman–Crippen LogP) is 1.65. The van der Waals surface area contributed by atoms with Gasteiger partial charge in [0.15, 0.2) is 0 Å². The second kappa shape index (κ2) is 7.97. The molecule has 2 fully saturated rings. The molecule has 2 aromatic rings. The Morgan fingerprint density at radius 2 is 2.00 bits per heavy atom. The lowest BCUT2D eigenvalue weighted by atomic mass is 10.1. The molecule has 2 aliphatic rings. The molecule has 0 unspecified atom stereocenters. The Balaban J connectivity index is 1.28. The predicted molar refractivity (Wildman–Crippen MR) is 95.4 cm³/mol. The van der Waals surface area contributed by atoms with Gasteiger partial charge in [-0.15, -0.1) is 0 Å². The molecule has 2 aliphatic heterocycles. The van der Waals surface area contributed by atoms with Crippen LogP contribution in [0, 0.1) is 0 Å². The lowest BCUT2D eigenvalue weighted by Gasteiger charge is -2.27. The number of likely N-dealkylation sites (tertiary alicyclic amines) is 1. The molecule has 7 heteroatoms. The van der Waals surface area contributed by atoms with Crippen molar-refractivity contribution in [2.45, 2.75) is 37.8 Å². The minimum Gasteiger partial charge on any atom is -0.378 e. The van der Waals surface area contributed by atoms with Crippen LogP contribution in [0.5, 0.6) is 0 Å². The minimum absolute atomic E-state index is 0.00385. The molecule has 0 spiro atoms. The second-order valence-electron chi connectivity index (χ2n) is 6.90. The lowest BCUT2D eigenvalue weighted by Crippen LogP contribution is -2.50. The van der Waals surface area contributed by atoms with Gasteiger partial charge in [0.25, 0.3) is 0 Å². The summed E-state index contributed by atoms with van der Waals surface area (Å²) >= 11 is 0. The molecule has 2 atom stereocenters. The Kier molecular flexibility index (Phi) is 5.26. The van der Waals surface area contributed by atoms with Gasteiger partial charge in [0.05, 0.1) is 25.3 Å². The highest BCUT2D eigenvalue weighted by Gasteiger charge is 2.35. The molecule has 0 aliphatic carbocycles. The average molecular weight is 356 g/mol. The van der Waals surface area contributed by atoms with Gasteiger partial charge in [-0.1, -0.05) is 35.5 Å². The number of ether oxygens (including phenoxy) is 1. The number of nitrogens with one attached hydrogen (secondary N) is 1. The second-order valence-corrected chi connectivity index (χ2v) is 6.90. The standard InChI is InChI=1S/C19H24N4O3/c24-17(20-15-12-25-13-16(15)23-10-4-5-11-23)8-9-18-21-19(22-26-18)14-6-2-1-3-7-14/h1-3,6-7,15-16H,4-5,8-13H2,(H,20,24)/t15-,16-/m0/s1. The quantitative estimate of drug-likeness (QED) is 0.848. The van der Waals surface area contributed by atoms with Gasteiger partial charge in [0.1, 0.15) is 0 Å². The van der Waals surface area contributed by atoms with Crippen molar-refractivity contribution in [2.75, 3.05) is 26.3 Å². The molecule has 4 rings (SSSR count). The molecule has 0 saturated carbocycles. The third kappa shape index (κ3) is 3.94. The average Bonchev–Trinajstić information content (AvgIpc) is 3.42. The zero-order valence-electron chi connectivity index (χ0n) is 14.8. The van der Waals surface area contributed by atoms with E-state index < -0.39 is 0 Å². The molecule has 26 heavy (non-hydrogen) atoms. The number of hydrogen-bond acceptors (Lipinski definition) is 6. The first-order chi connectivity index (χ1) is 12.8. The van der Waals surface area contributed by atoms with E-state index in [0.29, 0.717) is 43.8 Å². The minimum atomic E-state index is 0.00385. The summed E-state index contributed by atoms with van der Waals surface area (Å²) in [7, 11) is 0. The van der Waals surface area contributed by atoms with Crippen LogP contribution in [0.3, 0.4) is 0 Å². The molecule has 1 aromatic heterocycles. The molecule has 1 N–H and O–H groups in total. The van der Waals surface area contributed by atoms with E-state index in [1.54, 1.807) is 0 Å². The summed E-state index contributed by atoms with van der Waals surface area (Å²) in [5, 5.41) is 7.11. The number of benzene rings is 1. The molecule has 3 heterocycles. The maximum absolute atomic E-state index is 12.3. The molecule has 0 bridgehead atoms. The third-order valence-electron chi connectivity index (χ3n) is 5.07. The van der Waals surface area contributed by atoms with Crippen molar-refractivity contribution in [3.05, 3.63) is 36.2 Å². The number of hydrogen-bond donors (Lipinski definition) is 1. The van der Waals surface area contributed by atoms with E-state index >= 15 is 0 Å². The third-order valence-corrected chi connectivity index (χ3v) is 5.07. The highest BCUT2D eigenvalue weighted by atomic mass is 16.5. The van der Waals surface area contributed by atoms with Crippen molar-refractivity contribution in [1.29, 1.82) is 0 Å². The van der Waals surface area contributed by atoms with Crippen molar-refractivity contribution >= 4 is 5.91 Å². The van der Waals surface area contributed by atoms with Crippen molar-refractivity contribution in [1.82, 2.24) is 20.4 Å². The van der Waals surface area contributed by atoms with E-state index in [1.165, 1.54) is 12.8 Å². The maximum atomic E-state index is 12.3. The molecule has 2 saturated heterocycles. The fourth-order valence-electron chi connectivity index (χ4n) is 3.67. The Morgan fingerprint density at radius 3 is 2.81 bits per heavy atom. The van der Waals surface area contributed by atoms with Crippen LogP contribution in [0.2, 0.25) is 0 Å². The molecule has 0 radical (unpaired) electrons. The maximum Gasteiger partial charge on any atom is 0.227 e. The van der Waals surface area contributed by atoms with Gasteiger partial charge >= 0.3 is 0 Å². The zero-order valence-corrected chi connectivity index (χ0v) is 14.8. The van der Waals surface area contributed by atoms with Crippen LogP contribution in [0.15, 0.2) is 34.9 Å². The number of carbonyl (C=O) groups is 1. The van der Waals surface area contributed by atoms with Crippen molar-refractivity contribution in [3.63, 3.8) is 0 Å². The van der Waals surface area contributed by atoms with Gasteiger partial charge < -0.3 is 14.6 Å². The van der Waals surface area contributed by atoms with Gasteiger partial charge in [-0.2, -0.15) is 4.98 Å². The number of rotatable bonds is 6. The van der Waals surface area contributed by atoms with Crippen molar-refractivity contribution < 1.29 is 14.1 Å². The Bertz CT molecular complexity index is 727. The summed E-state index contributed by atoms with van der Waals surface area (Å²) in [6.45, 7) is 3.50. The highest BCUT2D eigenvalue weighted by molar-refractivity contribution is 5.76. The molecule has 1 amide bonds. The number of carbonyl (C=O) groups excluding carboxylic acids is 1. The Labute approximate surface area is 152 Å². The highest BCUT2D eigenvalue weighted by Crippen LogP contribution is 2.19. The van der Waals surface area contributed by atoms with E-state index in [1.807, 2.05) is 30.3 Å². The first-order valence-corrected chi connectivity index (χ1v) is 9.29. The van der Waals surface area contributed by atoms with Crippen molar-refractivity contribution in [2.24, 2.45) is 0 Å². The molecule has 138 valence electrons. The van der Waals surface area contributed by atoms with Crippen LogP contribution in [-0.4, -0.2) is 59.3 Å². The van der Waals surface area contributed by atoms with Crippen LogP contribution in [0.25, 0.3) is 11.4 Å². The fourth-order valence-corrected chi connectivity index (χ4v) is 3.67. The Hall–Kier alpha value is -2.25. The molecular formula is C19H24N4O3. The number of amides is 1. The summed E-state index contributed by atoms with van der Waals surface area (Å²) in [4.78, 5) is 19.1. The zero-order chi connectivity index (χ0) is 17.8. The molecular weight excluding hydrogens is 332 g/mol. The van der Waals surface area contributed by atoms with E-state index in [0.717, 1.165) is 18.7 Å². The largest absolute Gasteiger partial charge is 0.378 e. The van der Waals surface area contributed by atoms with Gasteiger partial charge in [-0.25, -0.2) is 0 Å². The first-order valence-electron chi connectivity index (χ1n) is 9.29. The van der Waals surface area contributed by atoms with Crippen molar-refractivity contribution in [3.8, 4) is 11.4 Å². The number of aromatic nitrogens is 2. The Morgan fingerprint density at radius 1 is 1.19 bits per heavy atom. The monoisotopic (exact) mass is 356 g/mol. The van der Waals surface area contributed by atoms with Gasteiger partial charge in [-0.3, -0.25) is 9.69 Å². The van der Waals surface area contributed by atoms with Gasteiger partial charge in [0.2, 0.25) is 17.6 Å². The summed E-state index contributed by atoms with van der Waals surface area (Å²) in [6.07, 6.45) is 3.24. The fraction of sp³-hybridized carbons (Fsp3) is 0.526. The summed E-state index contributed by atoms with van der Waals surface area (Å²) in [6, 6.07) is 10.0. The van der Waals surface area contributed by atoms with Crippen LogP contribution in [0.4, 0.5) is 0 Å². The smallest absolute Gasteiger partial charge is 0.227 e. The van der Waals surface area contributed by atoms with Gasteiger partial charge in [-0.05, 0) is 25.9 Å². The van der Waals surface area contributed by atoms with Gasteiger partial charge in [0, 0.05) is 18.4 Å². The van der Waals surface area contributed by atoms with Crippen LogP contribution in [-0.2, 0) is 16.0 Å². The number of nitrogens with zero attached hydrogens (tertiary/aromatic N) is 3. The molecule has 7 nitrogen and oxygen atoms in total. The number of aryl methyl sites for hydroxylation is 1. The summed E-state index contributed by atoms with van der Waals surface area (Å²) in [5.41, 5.74) is 0.906. The lowest BCUT2D eigenvalue weighted by molar-refractivity contribution is -0.122. The van der Waals surface area contributed by atoms with Crippen LogP contribution in [0.1, 0.15) is 25.2 Å². The van der Waals surface area contributed by atoms with E-state index in [2.05, 4.69) is 20.4 Å². The van der Waals surface area contributed by atoms with E-state index in [9.17, 15) is 4.79 Å². The normalized spacial score (nSPS) is 23.4. The summed E-state index contributed by atoms with van der Waals surface area (Å²) < 4.78 is 10.9. The topological polar surface area (TPSA) is 80.5 Å². The molecule has 1 aromatic carbocycles. The van der Waals surface area contributed by atoms with E-state index in [-0.39, 0.29) is 11.9 Å². The van der Waals surface area contributed by atoms with E-state index in [4.69, 9.17) is 9.26 Å². The first kappa shape index (κ1) is 17.2. The SMILES string of the molecule is O=C(CCc1nc(-c2ccccc2)no1)N[C@H]1COC[C@@H]1N1CCCC1. The van der Waals surface area contributed by atoms with Crippen LogP contribution >= 0.6 is 0 Å².